The number of benzene rings is 3. The first-order valence-electron chi connectivity index (χ1n) is 13.9. The van der Waals surface area contributed by atoms with Gasteiger partial charge in [-0.2, -0.15) is 28.1 Å². The van der Waals surface area contributed by atoms with E-state index in [9.17, 15) is 35.6 Å². The number of alkyl halides is 3. The molecule has 19 heteroatoms. The highest BCUT2D eigenvalue weighted by Gasteiger charge is 2.30. The highest BCUT2D eigenvalue weighted by atomic mass is 35.5. The number of hydrogen-bond acceptors (Lipinski definition) is 10. The molecule has 2 heterocycles. The van der Waals surface area contributed by atoms with Crippen LogP contribution in [0.25, 0.3) is 0 Å². The minimum absolute atomic E-state index is 0.00882. The summed E-state index contributed by atoms with van der Waals surface area (Å²) in [6.45, 7) is 1.56. The Hall–Kier alpha value is -5.88. The lowest BCUT2D eigenvalue weighted by Crippen LogP contribution is -2.35. The molecule has 2 aromatic heterocycles. The summed E-state index contributed by atoms with van der Waals surface area (Å²) in [7, 11) is -2.78. The van der Waals surface area contributed by atoms with Gasteiger partial charge in [0.2, 0.25) is 11.8 Å². The molecule has 0 spiro atoms. The van der Waals surface area contributed by atoms with Gasteiger partial charge in [0.05, 0.1) is 17.7 Å². The van der Waals surface area contributed by atoms with Crippen LogP contribution >= 0.6 is 11.6 Å². The summed E-state index contributed by atoms with van der Waals surface area (Å²) in [5, 5.41) is 4.71. The van der Waals surface area contributed by atoms with Crippen molar-refractivity contribution < 1.29 is 45.0 Å². The standard InChI is InChI=1S/C19H12F4N2O2.C12H12ClN5O4S/c20-13-7-9-14(10-8-13)24-18(26)16-5-2-6-17(25-16)27-15-4-1-3-12(11-15)19(21,22)23;1-7-14-10(17-12(15-7)22-2)16-11(19)18-23(20,21)9-6-4-3-5-8(9)13/h1-11H,(H,24,26);3-6H,1-2H3,(H2,14,15,16,17,18,19). The monoisotopic (exact) mass is 733 g/mol. The van der Waals surface area contributed by atoms with Gasteiger partial charge in [0.25, 0.3) is 15.9 Å². The van der Waals surface area contributed by atoms with Crippen LogP contribution in [0.3, 0.4) is 0 Å². The average Bonchev–Trinajstić information content (AvgIpc) is 3.05. The first kappa shape index (κ1) is 36.9. The van der Waals surface area contributed by atoms with Gasteiger partial charge in [-0.25, -0.2) is 27.3 Å². The molecule has 0 fully saturated rings. The number of hydrogen-bond donors (Lipinski definition) is 3. The van der Waals surface area contributed by atoms with Crippen LogP contribution in [0.15, 0.2) is 95.9 Å². The van der Waals surface area contributed by atoms with Crippen molar-refractivity contribution in [2.24, 2.45) is 0 Å². The Morgan fingerprint density at radius 2 is 1.54 bits per heavy atom. The number of amides is 3. The third kappa shape index (κ3) is 10.6. The molecular formula is C31H24ClF4N7O6S. The molecule has 0 unspecified atom stereocenters. The third-order valence-corrected chi connectivity index (χ3v) is 7.76. The molecule has 13 nitrogen and oxygen atoms in total. The molecule has 3 amide bonds. The van der Waals surface area contributed by atoms with Gasteiger partial charge in [-0.05, 0) is 67.6 Å². The summed E-state index contributed by atoms with van der Waals surface area (Å²) < 4.78 is 87.4. The summed E-state index contributed by atoms with van der Waals surface area (Å²) in [4.78, 5) is 39.3. The van der Waals surface area contributed by atoms with E-state index in [1.165, 1.54) is 79.9 Å². The SMILES string of the molecule is COc1nc(C)nc(NC(=O)NS(=O)(=O)c2ccccc2Cl)n1.O=C(Nc1ccc(F)cc1)c1cccc(Oc2cccc(C(F)(F)F)c2)n1. The predicted octanol–water partition coefficient (Wildman–Crippen LogP) is 6.64. The van der Waals surface area contributed by atoms with E-state index in [0.29, 0.717) is 11.5 Å². The van der Waals surface area contributed by atoms with E-state index in [1.54, 1.807) is 13.0 Å². The summed E-state index contributed by atoms with van der Waals surface area (Å²) in [6, 6.07) is 18.5. The first-order valence-corrected chi connectivity index (χ1v) is 15.7. The summed E-state index contributed by atoms with van der Waals surface area (Å²) in [5.74, 6) is -0.976. The number of anilines is 2. The largest absolute Gasteiger partial charge is 0.467 e. The van der Waals surface area contributed by atoms with Crippen molar-refractivity contribution >= 4 is 45.2 Å². The van der Waals surface area contributed by atoms with E-state index in [0.717, 1.165) is 12.1 Å². The van der Waals surface area contributed by atoms with E-state index in [2.05, 4.69) is 30.6 Å². The molecule has 5 rings (SSSR count). The molecule has 3 aromatic carbocycles. The normalized spacial score (nSPS) is 11.0. The number of aromatic nitrogens is 4. The first-order chi connectivity index (χ1) is 23.6. The maximum absolute atomic E-state index is 12.9. The Bertz CT molecular complexity index is 2110. The van der Waals surface area contributed by atoms with E-state index >= 15 is 0 Å². The van der Waals surface area contributed by atoms with E-state index in [-0.39, 0.29) is 39.2 Å². The van der Waals surface area contributed by atoms with Gasteiger partial charge in [-0.3, -0.25) is 10.1 Å². The van der Waals surface area contributed by atoms with E-state index in [4.69, 9.17) is 21.1 Å². The number of sulfonamides is 1. The van der Waals surface area contributed by atoms with Gasteiger partial charge in [-0.1, -0.05) is 35.9 Å². The smallest absolute Gasteiger partial charge is 0.416 e. The lowest BCUT2D eigenvalue weighted by Gasteiger charge is -2.10. The fraction of sp³-hybridized carbons (Fsp3) is 0.0968. The van der Waals surface area contributed by atoms with Crippen molar-refractivity contribution in [1.82, 2.24) is 24.7 Å². The van der Waals surface area contributed by atoms with Crippen molar-refractivity contribution in [1.29, 1.82) is 0 Å². The molecule has 0 aliphatic rings. The van der Waals surface area contributed by atoms with Crippen LogP contribution in [0.2, 0.25) is 5.02 Å². The predicted molar refractivity (Wildman–Crippen MR) is 172 cm³/mol. The zero-order valence-electron chi connectivity index (χ0n) is 25.7. The molecule has 0 aliphatic heterocycles. The maximum Gasteiger partial charge on any atom is 0.416 e. The molecule has 0 aliphatic carbocycles. The number of carbonyl (C=O) groups excluding carboxylic acids is 2. The van der Waals surface area contributed by atoms with Gasteiger partial charge >= 0.3 is 18.2 Å². The quantitative estimate of drug-likeness (QED) is 0.147. The molecule has 0 radical (unpaired) electrons. The number of halogens is 5. The van der Waals surface area contributed by atoms with Crippen LogP contribution in [0, 0.1) is 12.7 Å². The molecule has 0 bridgehead atoms. The number of methoxy groups -OCH3 is 1. The second kappa shape index (κ2) is 16.0. The highest BCUT2D eigenvalue weighted by Crippen LogP contribution is 2.32. The van der Waals surface area contributed by atoms with Crippen LogP contribution in [0.4, 0.5) is 34.0 Å². The second-order valence-corrected chi connectivity index (χ2v) is 11.7. The number of aryl methyl sites for hydroxylation is 1. The van der Waals surface area contributed by atoms with E-state index in [1.807, 2.05) is 4.72 Å². The van der Waals surface area contributed by atoms with Gasteiger partial charge in [0, 0.05) is 11.8 Å². The summed E-state index contributed by atoms with van der Waals surface area (Å²) in [6.07, 6.45) is -4.50. The number of urea groups is 1. The number of nitrogens with zero attached hydrogens (tertiary/aromatic N) is 4. The van der Waals surface area contributed by atoms with Gasteiger partial charge in [0.1, 0.15) is 28.0 Å². The Morgan fingerprint density at radius 1 is 0.840 bits per heavy atom. The summed E-state index contributed by atoms with van der Waals surface area (Å²) >= 11 is 5.81. The molecule has 260 valence electrons. The number of nitrogens with one attached hydrogen (secondary N) is 3. The van der Waals surface area contributed by atoms with Gasteiger partial charge in [-0.15, -0.1) is 0 Å². The second-order valence-electron chi connectivity index (χ2n) is 9.63. The maximum atomic E-state index is 12.9. The topological polar surface area (TPSA) is 174 Å². The Kier molecular flexibility index (Phi) is 11.8. The molecule has 0 saturated carbocycles. The van der Waals surface area contributed by atoms with Crippen molar-refractivity contribution in [2.75, 3.05) is 17.7 Å². The highest BCUT2D eigenvalue weighted by molar-refractivity contribution is 7.90. The van der Waals surface area contributed by atoms with Crippen molar-refractivity contribution in [2.45, 2.75) is 18.0 Å². The van der Waals surface area contributed by atoms with Crippen LogP contribution in [0.5, 0.6) is 17.6 Å². The van der Waals surface area contributed by atoms with Gasteiger partial charge < -0.3 is 14.8 Å². The van der Waals surface area contributed by atoms with Crippen LogP contribution in [-0.4, -0.2) is 47.4 Å². The van der Waals surface area contributed by atoms with Crippen molar-refractivity contribution in [3.8, 4) is 17.6 Å². The molecular weight excluding hydrogens is 710 g/mol. The zero-order valence-corrected chi connectivity index (χ0v) is 27.3. The average molecular weight is 734 g/mol. The van der Waals surface area contributed by atoms with Crippen molar-refractivity contribution in [3.05, 3.63) is 119 Å². The lowest BCUT2D eigenvalue weighted by molar-refractivity contribution is -0.137. The molecule has 5 aromatic rings. The molecule has 0 atom stereocenters. The third-order valence-electron chi connectivity index (χ3n) is 5.93. The van der Waals surface area contributed by atoms with Gasteiger partial charge in [0.15, 0.2) is 0 Å². The fourth-order valence-corrected chi connectivity index (χ4v) is 5.18. The van der Waals surface area contributed by atoms with E-state index < -0.39 is 39.5 Å². The Balaban J connectivity index is 0.000000228. The minimum atomic E-state index is -4.50. The Labute approximate surface area is 286 Å². The van der Waals surface area contributed by atoms with Crippen LogP contribution in [-0.2, 0) is 16.2 Å². The molecule has 50 heavy (non-hydrogen) atoms. The van der Waals surface area contributed by atoms with Crippen LogP contribution < -0.4 is 24.8 Å². The summed E-state index contributed by atoms with van der Waals surface area (Å²) in [5.41, 5.74) is -0.499. The zero-order chi connectivity index (χ0) is 36.5. The lowest BCUT2D eigenvalue weighted by atomic mass is 10.2. The fourth-order valence-electron chi connectivity index (χ4n) is 3.75. The molecule has 3 N–H and O–H groups in total. The number of carbonyl (C=O) groups is 2. The molecule has 0 saturated heterocycles. The number of ether oxygens (including phenoxy) is 2. The minimum Gasteiger partial charge on any atom is -0.467 e. The van der Waals surface area contributed by atoms with Crippen LogP contribution in [0.1, 0.15) is 21.9 Å². The number of rotatable bonds is 8. The van der Waals surface area contributed by atoms with Crippen molar-refractivity contribution in [3.63, 3.8) is 0 Å². The Morgan fingerprint density at radius 3 is 2.22 bits per heavy atom. The number of pyridine rings is 1.